The number of piperidine rings is 1. The molecule has 0 bridgehead atoms. The molecule has 376 valence electrons. The van der Waals surface area contributed by atoms with E-state index in [1.165, 1.54) is 13.0 Å². The Labute approximate surface area is 408 Å². The largest absolute Gasteiger partial charge is 0.446 e. The highest BCUT2D eigenvalue weighted by atomic mass is 16.6. The number of carbonyl (C=O) groups is 6. The van der Waals surface area contributed by atoms with Crippen molar-refractivity contribution in [2.75, 3.05) is 31.5 Å². The summed E-state index contributed by atoms with van der Waals surface area (Å²) in [5, 5.41) is 26.0. The summed E-state index contributed by atoms with van der Waals surface area (Å²) in [7, 11) is 0. The number of hydrogen-bond donors (Lipinski definition) is 6. The predicted octanol–water partition coefficient (Wildman–Crippen LogP) is 5.70. The molecule has 4 aliphatic carbocycles. The van der Waals surface area contributed by atoms with Crippen molar-refractivity contribution in [3.63, 3.8) is 0 Å². The molecular formula is C53H68N6O11. The number of hydrogen-bond acceptors (Lipinski definition) is 11. The third-order valence-electron chi connectivity index (χ3n) is 16.7. The molecule has 4 saturated carbocycles. The Morgan fingerprint density at radius 3 is 2.26 bits per heavy atom. The first-order chi connectivity index (χ1) is 33.5. The van der Waals surface area contributed by atoms with Gasteiger partial charge < -0.3 is 50.5 Å². The van der Waals surface area contributed by atoms with Gasteiger partial charge in [0, 0.05) is 49.6 Å². The maximum atomic E-state index is 13.2. The van der Waals surface area contributed by atoms with Crippen molar-refractivity contribution in [2.45, 2.75) is 134 Å². The van der Waals surface area contributed by atoms with E-state index in [9.17, 15) is 38.7 Å². The predicted molar refractivity (Wildman–Crippen MR) is 258 cm³/mol. The molecule has 2 heterocycles. The van der Waals surface area contributed by atoms with Crippen molar-refractivity contribution in [1.82, 2.24) is 26.2 Å². The Morgan fingerprint density at radius 2 is 1.54 bits per heavy atom. The van der Waals surface area contributed by atoms with Gasteiger partial charge in [-0.05, 0) is 135 Å². The standard InChI is InChI=1S/C53H68N6O11/c1-33(60)54-29-46(62)58-44(27-34-7-5-4-6-8-34)48(64)55-30-45(61)56-38-13-9-35(10-14-38)31-69-50(66)59-25-20-39(21-26-59)57-49(65)70-40-17-22-51(2)37(28-40)12-15-43-42(51)18-23-52(3)41(19-24-53(43,52)67)36-11-16-47(63)68-32-36/h4-11,13-14,16,32,37,39-44,67H,12,15,17-31H2,1-3H3,(H,54,60)(H,55,64)(H,56,61)(H,57,65)(H,58,62)/t37-,40+,41-,42?,43?,44+,51+,52-,53+/m1/s1. The van der Waals surface area contributed by atoms with Crippen molar-refractivity contribution >= 4 is 41.5 Å². The summed E-state index contributed by atoms with van der Waals surface area (Å²) in [4.78, 5) is 89.0. The molecule has 9 atom stereocenters. The first kappa shape index (κ1) is 50.2. The topological polar surface area (TPSA) is 235 Å². The fraction of sp³-hybridized carbons (Fsp3) is 0.566. The lowest BCUT2D eigenvalue weighted by molar-refractivity contribution is -0.205. The highest BCUT2D eigenvalue weighted by molar-refractivity contribution is 5.96. The van der Waals surface area contributed by atoms with E-state index >= 15 is 0 Å². The number of aliphatic hydroxyl groups is 1. The lowest BCUT2D eigenvalue weighted by atomic mass is 9.43. The van der Waals surface area contributed by atoms with Gasteiger partial charge >= 0.3 is 17.8 Å². The number of likely N-dealkylation sites (tertiary alicyclic amines) is 1. The summed E-state index contributed by atoms with van der Waals surface area (Å²) in [6.07, 6.45) is 9.97. The van der Waals surface area contributed by atoms with E-state index in [1.807, 2.05) is 36.4 Å². The lowest BCUT2D eigenvalue weighted by Gasteiger charge is -2.63. The smallest absolute Gasteiger partial charge is 0.410 e. The second-order valence-corrected chi connectivity index (χ2v) is 20.8. The van der Waals surface area contributed by atoms with Crippen molar-refractivity contribution in [2.24, 2.45) is 28.6 Å². The van der Waals surface area contributed by atoms with E-state index < -0.39 is 41.6 Å². The van der Waals surface area contributed by atoms with Gasteiger partial charge in [-0.15, -0.1) is 0 Å². The number of nitrogens with one attached hydrogen (secondary N) is 5. The van der Waals surface area contributed by atoms with Gasteiger partial charge in [0.1, 0.15) is 18.8 Å². The molecule has 6 amide bonds. The van der Waals surface area contributed by atoms with Crippen LogP contribution in [0.4, 0.5) is 15.3 Å². The van der Waals surface area contributed by atoms with Crippen LogP contribution in [0.25, 0.3) is 0 Å². The molecule has 2 unspecified atom stereocenters. The molecule has 1 aromatic heterocycles. The molecule has 17 heteroatoms. The van der Waals surface area contributed by atoms with Gasteiger partial charge in [0.15, 0.2) is 0 Å². The number of fused-ring (bicyclic) bond motifs is 5. The third-order valence-corrected chi connectivity index (χ3v) is 16.7. The molecular weight excluding hydrogens is 897 g/mol. The van der Waals surface area contributed by atoms with E-state index in [2.05, 4.69) is 40.4 Å². The second kappa shape index (κ2) is 21.4. The Morgan fingerprint density at radius 1 is 0.800 bits per heavy atom. The van der Waals surface area contributed by atoms with Gasteiger partial charge in [-0.3, -0.25) is 19.2 Å². The first-order valence-corrected chi connectivity index (χ1v) is 25.0. The van der Waals surface area contributed by atoms with E-state index in [-0.39, 0.29) is 72.5 Å². The number of alkyl carbamates (subject to hydrolysis) is 1. The number of ether oxygens (including phenoxy) is 2. The van der Waals surface area contributed by atoms with E-state index in [4.69, 9.17) is 13.9 Å². The molecule has 8 rings (SSSR count). The average molecular weight is 965 g/mol. The summed E-state index contributed by atoms with van der Waals surface area (Å²) in [6.45, 7) is 6.16. The minimum absolute atomic E-state index is 0.0176. The molecule has 2 aromatic carbocycles. The van der Waals surface area contributed by atoms with Crippen molar-refractivity contribution in [3.8, 4) is 0 Å². The third kappa shape index (κ3) is 11.2. The number of amides is 6. The number of carbonyl (C=O) groups excluding carboxylic acids is 6. The van der Waals surface area contributed by atoms with Gasteiger partial charge in [-0.1, -0.05) is 56.3 Å². The van der Waals surface area contributed by atoms with Crippen LogP contribution in [-0.4, -0.2) is 95.8 Å². The van der Waals surface area contributed by atoms with Crippen LogP contribution in [0.2, 0.25) is 0 Å². The monoisotopic (exact) mass is 964 g/mol. The average Bonchev–Trinajstić information content (AvgIpc) is 3.63. The molecule has 6 N–H and O–H groups in total. The van der Waals surface area contributed by atoms with Crippen molar-refractivity contribution < 1.29 is 47.8 Å². The maximum Gasteiger partial charge on any atom is 0.410 e. The molecule has 3 aromatic rings. The molecule has 1 saturated heterocycles. The van der Waals surface area contributed by atoms with Crippen LogP contribution in [0.1, 0.15) is 114 Å². The second-order valence-electron chi connectivity index (χ2n) is 20.8. The SMILES string of the molecule is CC(=O)NCC(=O)N[C@@H](Cc1ccccc1)C(=O)NCC(=O)Nc1ccc(COC(=O)N2CCC(NC(=O)O[C@H]3CC[C@]4(C)C5CC[C@]6(C)[C@@H](c7ccc(=O)oc7)CC[C@]6(O)C5CC[C@@H]4C3)CC2)cc1. The molecule has 0 radical (unpaired) electrons. The normalized spacial score (nSPS) is 28.6. The maximum absolute atomic E-state index is 13.2. The van der Waals surface area contributed by atoms with Crippen LogP contribution >= 0.6 is 0 Å². The summed E-state index contributed by atoms with van der Waals surface area (Å²) >= 11 is 0. The van der Waals surface area contributed by atoms with Crippen LogP contribution in [0, 0.1) is 28.6 Å². The van der Waals surface area contributed by atoms with Crippen molar-refractivity contribution in [1.29, 1.82) is 0 Å². The Hall–Kier alpha value is -6.23. The fourth-order valence-electron chi connectivity index (χ4n) is 12.9. The van der Waals surface area contributed by atoms with Gasteiger partial charge in [-0.2, -0.15) is 0 Å². The van der Waals surface area contributed by atoms with E-state index in [1.54, 1.807) is 35.4 Å². The minimum Gasteiger partial charge on any atom is -0.446 e. The molecule has 17 nitrogen and oxygen atoms in total. The van der Waals surface area contributed by atoms with Gasteiger partial charge in [-0.25, -0.2) is 14.4 Å². The van der Waals surface area contributed by atoms with E-state index in [0.29, 0.717) is 49.0 Å². The first-order valence-electron chi connectivity index (χ1n) is 25.0. The van der Waals surface area contributed by atoms with E-state index in [0.717, 1.165) is 68.9 Å². The summed E-state index contributed by atoms with van der Waals surface area (Å²) < 4.78 is 16.9. The van der Waals surface area contributed by atoms with Crippen LogP contribution in [0.15, 0.2) is 82.2 Å². The van der Waals surface area contributed by atoms with Crippen LogP contribution in [0.5, 0.6) is 0 Å². The van der Waals surface area contributed by atoms with Gasteiger partial charge in [0.25, 0.3) is 0 Å². The summed E-state index contributed by atoms with van der Waals surface area (Å²) in [6, 6.07) is 18.1. The highest BCUT2D eigenvalue weighted by Crippen LogP contribution is 2.70. The number of nitrogens with zero attached hydrogens (tertiary/aromatic N) is 1. The van der Waals surface area contributed by atoms with Gasteiger partial charge in [0.2, 0.25) is 23.6 Å². The number of anilines is 1. The van der Waals surface area contributed by atoms with Crippen LogP contribution in [-0.2, 0) is 41.7 Å². The molecule has 1 aliphatic heterocycles. The number of benzene rings is 2. The molecule has 5 aliphatic rings. The Bertz CT molecular complexity index is 2420. The zero-order valence-corrected chi connectivity index (χ0v) is 40.5. The fourth-order valence-corrected chi connectivity index (χ4v) is 12.9. The van der Waals surface area contributed by atoms with Crippen LogP contribution < -0.4 is 32.2 Å². The summed E-state index contributed by atoms with van der Waals surface area (Å²) in [5.74, 6) is -0.805. The quantitative estimate of drug-likeness (QED) is 0.115. The Balaban J connectivity index is 0.726. The molecule has 5 fully saturated rings. The van der Waals surface area contributed by atoms with Gasteiger partial charge in [0.05, 0.1) is 25.0 Å². The number of rotatable bonds is 14. The minimum atomic E-state index is -0.980. The summed E-state index contributed by atoms with van der Waals surface area (Å²) in [5.41, 5.74) is 1.63. The highest BCUT2D eigenvalue weighted by Gasteiger charge is 2.67. The molecule has 0 spiro atoms. The Kier molecular flexibility index (Phi) is 15.3. The zero-order valence-electron chi connectivity index (χ0n) is 40.5. The molecule has 70 heavy (non-hydrogen) atoms. The zero-order chi connectivity index (χ0) is 49.6. The van der Waals surface area contributed by atoms with Crippen LogP contribution in [0.3, 0.4) is 0 Å². The lowest BCUT2D eigenvalue weighted by Crippen LogP contribution is -2.62. The van der Waals surface area contributed by atoms with Crippen molar-refractivity contribution in [3.05, 3.63) is 100 Å².